The van der Waals surface area contributed by atoms with Gasteiger partial charge < -0.3 is 9.80 Å². The summed E-state index contributed by atoms with van der Waals surface area (Å²) >= 11 is 0. The van der Waals surface area contributed by atoms with Crippen molar-refractivity contribution in [2.24, 2.45) is 5.92 Å². The number of carbonyl (C=O) groups is 1. The molecule has 2 fully saturated rings. The van der Waals surface area contributed by atoms with Gasteiger partial charge >= 0.3 is 0 Å². The highest BCUT2D eigenvalue weighted by molar-refractivity contribution is 5.95. The van der Waals surface area contributed by atoms with E-state index in [1.54, 1.807) is 0 Å². The Kier molecular flexibility index (Phi) is 7.12. The molecule has 2 aliphatic heterocycles. The molecule has 1 amide bonds. The summed E-state index contributed by atoms with van der Waals surface area (Å²) in [6.45, 7) is 10.9. The lowest BCUT2D eigenvalue weighted by Gasteiger charge is -2.32. The van der Waals surface area contributed by atoms with Crippen LogP contribution in [-0.4, -0.2) is 47.9 Å². The average molecular weight is 369 g/mol. The van der Waals surface area contributed by atoms with Gasteiger partial charge in [-0.1, -0.05) is 44.5 Å². The van der Waals surface area contributed by atoms with Gasteiger partial charge in [-0.2, -0.15) is 0 Å². The van der Waals surface area contributed by atoms with Crippen LogP contribution in [0.3, 0.4) is 0 Å². The Morgan fingerprint density at radius 1 is 1.07 bits per heavy atom. The predicted octanol–water partition coefficient (Wildman–Crippen LogP) is 4.77. The number of piperidine rings is 1. The zero-order chi connectivity index (χ0) is 19.2. The lowest BCUT2D eigenvalue weighted by molar-refractivity contribution is -0.127. The third-order valence-corrected chi connectivity index (χ3v) is 5.97. The highest BCUT2D eigenvalue weighted by Gasteiger charge is 2.29. The quantitative estimate of drug-likeness (QED) is 0.676. The van der Waals surface area contributed by atoms with Crippen LogP contribution in [-0.2, 0) is 11.2 Å². The van der Waals surface area contributed by atoms with Crippen LogP contribution in [0.5, 0.6) is 0 Å². The highest BCUT2D eigenvalue weighted by Crippen LogP contribution is 2.22. The fourth-order valence-electron chi connectivity index (χ4n) is 4.48. The zero-order valence-electron chi connectivity index (χ0n) is 17.4. The molecule has 0 saturated carbocycles. The summed E-state index contributed by atoms with van der Waals surface area (Å²) in [5.41, 5.74) is 3.59. The van der Waals surface area contributed by atoms with Crippen molar-refractivity contribution in [3.8, 4) is 0 Å². The van der Waals surface area contributed by atoms with Gasteiger partial charge in [0.2, 0.25) is 5.91 Å². The van der Waals surface area contributed by atoms with E-state index in [1.807, 2.05) is 6.08 Å². The van der Waals surface area contributed by atoms with Gasteiger partial charge in [-0.15, -0.1) is 0 Å². The van der Waals surface area contributed by atoms with Crippen molar-refractivity contribution >= 4 is 11.5 Å². The number of likely N-dealkylation sites (tertiary alicyclic amines) is 2. The number of hydrogen-bond donors (Lipinski definition) is 0. The Bertz CT molecular complexity index is 641. The molecule has 0 bridgehead atoms. The molecule has 0 aromatic heterocycles. The van der Waals surface area contributed by atoms with E-state index in [1.165, 1.54) is 37.9 Å². The van der Waals surface area contributed by atoms with E-state index >= 15 is 0 Å². The number of hydrogen-bond acceptors (Lipinski definition) is 2. The number of rotatable bonds is 6. The van der Waals surface area contributed by atoms with E-state index < -0.39 is 0 Å². The minimum atomic E-state index is 0.193. The molecule has 3 nitrogen and oxygen atoms in total. The fourth-order valence-corrected chi connectivity index (χ4v) is 4.48. The SMILES string of the molecule is CC(=CC(=O)N1CCC[C@H]1CN1CCCCC1)c1ccc(CC(C)C)cc1. The molecule has 1 atom stereocenters. The Morgan fingerprint density at radius 3 is 2.44 bits per heavy atom. The maximum atomic E-state index is 12.9. The molecule has 0 spiro atoms. The Morgan fingerprint density at radius 2 is 1.78 bits per heavy atom. The maximum absolute atomic E-state index is 12.9. The Hall–Kier alpha value is -1.61. The molecule has 0 radical (unpaired) electrons. The summed E-state index contributed by atoms with van der Waals surface area (Å²) in [4.78, 5) is 17.6. The molecule has 0 N–H and O–H groups in total. The van der Waals surface area contributed by atoms with Crippen molar-refractivity contribution < 1.29 is 4.79 Å². The fraction of sp³-hybridized carbons (Fsp3) is 0.625. The van der Waals surface area contributed by atoms with Crippen LogP contribution in [0.2, 0.25) is 0 Å². The van der Waals surface area contributed by atoms with Gasteiger partial charge in [0.25, 0.3) is 0 Å². The molecule has 3 heteroatoms. The van der Waals surface area contributed by atoms with Gasteiger partial charge in [-0.3, -0.25) is 4.79 Å². The highest BCUT2D eigenvalue weighted by atomic mass is 16.2. The van der Waals surface area contributed by atoms with E-state index in [0.717, 1.165) is 43.5 Å². The molecule has 27 heavy (non-hydrogen) atoms. The summed E-state index contributed by atoms with van der Waals surface area (Å²) in [5.74, 6) is 0.860. The van der Waals surface area contributed by atoms with Crippen LogP contribution >= 0.6 is 0 Å². The van der Waals surface area contributed by atoms with Crippen LogP contribution in [0.25, 0.3) is 5.57 Å². The predicted molar refractivity (Wildman–Crippen MR) is 114 cm³/mol. The van der Waals surface area contributed by atoms with Crippen LogP contribution < -0.4 is 0 Å². The number of amides is 1. The van der Waals surface area contributed by atoms with Gasteiger partial charge in [-0.05, 0) is 74.7 Å². The summed E-state index contributed by atoms with van der Waals surface area (Å²) in [5, 5.41) is 0. The summed E-state index contributed by atoms with van der Waals surface area (Å²) in [6.07, 6.45) is 9.24. The van der Waals surface area contributed by atoms with Gasteiger partial charge in [0, 0.05) is 25.2 Å². The topological polar surface area (TPSA) is 23.6 Å². The smallest absolute Gasteiger partial charge is 0.247 e. The van der Waals surface area contributed by atoms with Crippen molar-refractivity contribution in [2.75, 3.05) is 26.2 Å². The third kappa shape index (κ3) is 5.68. The first-order valence-corrected chi connectivity index (χ1v) is 10.8. The molecule has 0 unspecified atom stereocenters. The van der Waals surface area contributed by atoms with Gasteiger partial charge in [0.05, 0.1) is 0 Å². The van der Waals surface area contributed by atoms with E-state index in [2.05, 4.69) is 54.8 Å². The third-order valence-electron chi connectivity index (χ3n) is 5.97. The second-order valence-electron chi connectivity index (χ2n) is 8.81. The Labute approximate surface area is 165 Å². The Balaban J connectivity index is 1.61. The number of allylic oxidation sites excluding steroid dienone is 1. The van der Waals surface area contributed by atoms with Crippen molar-refractivity contribution in [2.45, 2.75) is 65.3 Å². The van der Waals surface area contributed by atoms with Crippen LogP contribution in [0.1, 0.15) is 64.0 Å². The summed E-state index contributed by atoms with van der Waals surface area (Å²) in [7, 11) is 0. The van der Waals surface area contributed by atoms with Crippen molar-refractivity contribution in [1.29, 1.82) is 0 Å². The second-order valence-corrected chi connectivity index (χ2v) is 8.81. The number of benzene rings is 1. The first-order valence-electron chi connectivity index (χ1n) is 10.8. The maximum Gasteiger partial charge on any atom is 0.247 e. The van der Waals surface area contributed by atoms with Crippen molar-refractivity contribution in [3.05, 3.63) is 41.5 Å². The molecular formula is C24H36N2O. The minimum Gasteiger partial charge on any atom is -0.335 e. The minimum absolute atomic E-state index is 0.193. The van der Waals surface area contributed by atoms with E-state index in [9.17, 15) is 4.79 Å². The molecule has 0 aliphatic carbocycles. The molecule has 3 rings (SSSR count). The second kappa shape index (κ2) is 9.54. The summed E-state index contributed by atoms with van der Waals surface area (Å²) in [6, 6.07) is 9.11. The lowest BCUT2D eigenvalue weighted by Crippen LogP contribution is -2.44. The van der Waals surface area contributed by atoms with Gasteiger partial charge in [0.15, 0.2) is 0 Å². The van der Waals surface area contributed by atoms with Crippen molar-refractivity contribution in [1.82, 2.24) is 9.80 Å². The monoisotopic (exact) mass is 368 g/mol. The molecule has 148 valence electrons. The average Bonchev–Trinajstić information content (AvgIpc) is 3.11. The molecular weight excluding hydrogens is 332 g/mol. The van der Waals surface area contributed by atoms with E-state index in [4.69, 9.17) is 0 Å². The van der Waals surface area contributed by atoms with E-state index in [-0.39, 0.29) is 5.91 Å². The van der Waals surface area contributed by atoms with Crippen LogP contribution in [0, 0.1) is 5.92 Å². The first-order chi connectivity index (χ1) is 13.0. The largest absolute Gasteiger partial charge is 0.335 e. The number of nitrogens with zero attached hydrogens (tertiary/aromatic N) is 2. The zero-order valence-corrected chi connectivity index (χ0v) is 17.4. The molecule has 1 aromatic rings. The summed E-state index contributed by atoms with van der Waals surface area (Å²) < 4.78 is 0. The molecule has 2 heterocycles. The van der Waals surface area contributed by atoms with Crippen molar-refractivity contribution in [3.63, 3.8) is 0 Å². The van der Waals surface area contributed by atoms with Crippen LogP contribution in [0.4, 0.5) is 0 Å². The molecule has 2 saturated heterocycles. The number of carbonyl (C=O) groups excluding carboxylic acids is 1. The standard InChI is InChI=1S/C24H36N2O/c1-19(2)16-21-9-11-22(12-10-21)20(3)17-24(27)26-15-7-8-23(26)18-25-13-5-4-6-14-25/h9-12,17,19,23H,4-8,13-16,18H2,1-3H3/t23-/m0/s1. The van der Waals surface area contributed by atoms with E-state index in [0.29, 0.717) is 12.0 Å². The van der Waals surface area contributed by atoms with Gasteiger partial charge in [0.1, 0.15) is 0 Å². The van der Waals surface area contributed by atoms with Crippen LogP contribution in [0.15, 0.2) is 30.3 Å². The van der Waals surface area contributed by atoms with Gasteiger partial charge in [-0.25, -0.2) is 0 Å². The molecule has 2 aliphatic rings. The normalized spacial score (nSPS) is 21.9. The first kappa shape index (κ1) is 20.1. The molecule has 1 aromatic carbocycles. The lowest BCUT2D eigenvalue weighted by atomic mass is 9.99.